The van der Waals surface area contributed by atoms with Gasteiger partial charge in [-0.05, 0) is 88.6 Å². The number of aliphatic carboxylic acids is 3. The number of rotatable bonds is 11. The van der Waals surface area contributed by atoms with E-state index in [4.69, 9.17) is 10.8 Å². The first-order valence-electron chi connectivity index (χ1n) is 13.4. The monoisotopic (exact) mass is 555 g/mol. The van der Waals surface area contributed by atoms with Gasteiger partial charge < -0.3 is 26.4 Å². The summed E-state index contributed by atoms with van der Waals surface area (Å²) in [6, 6.07) is 12.0. The van der Waals surface area contributed by atoms with Crippen LogP contribution in [-0.2, 0) is 20.8 Å². The van der Waals surface area contributed by atoms with Gasteiger partial charge in [0.05, 0.1) is 19.6 Å². The van der Waals surface area contributed by atoms with E-state index in [1.807, 2.05) is 49.4 Å². The summed E-state index contributed by atoms with van der Waals surface area (Å²) in [5, 5.41) is 30.6. The van der Waals surface area contributed by atoms with Gasteiger partial charge in [0.1, 0.15) is 0 Å². The molecule has 2 aromatic rings. The molecule has 9 nitrogen and oxygen atoms in total. The Labute approximate surface area is 238 Å². The van der Waals surface area contributed by atoms with E-state index in [0.717, 1.165) is 28.8 Å². The van der Waals surface area contributed by atoms with E-state index < -0.39 is 31.0 Å². The molecule has 1 atom stereocenters. The number of fused-ring (bicyclic) bond motifs is 3. The van der Waals surface area contributed by atoms with Gasteiger partial charge in [-0.15, -0.1) is 0 Å². The van der Waals surface area contributed by atoms with Gasteiger partial charge in [0, 0.05) is 29.9 Å². The average molecular weight is 556 g/mol. The highest BCUT2D eigenvalue weighted by atomic mass is 16.4. The molecule has 0 amide bonds. The minimum atomic E-state index is -1.11. The van der Waals surface area contributed by atoms with Gasteiger partial charge in [0.15, 0.2) is 0 Å². The van der Waals surface area contributed by atoms with Crippen molar-refractivity contribution in [3.8, 4) is 23.0 Å². The Hall–Kier alpha value is -4.65. The van der Waals surface area contributed by atoms with Crippen LogP contribution in [0.1, 0.15) is 30.0 Å². The Bertz CT molecular complexity index is 1510. The van der Waals surface area contributed by atoms with Crippen LogP contribution in [0.4, 0.5) is 5.69 Å². The Morgan fingerprint density at radius 3 is 2.29 bits per heavy atom. The molecule has 4 rings (SSSR count). The van der Waals surface area contributed by atoms with Crippen molar-refractivity contribution >= 4 is 23.6 Å². The standard InChI is InChI=1S/C32H33N3O6/c1-2-23-12-22(15-34-16-30(36)37)9-21(11-26(23)17-35(18-31(38)39)19-32(40)41)4-3-20-5-7-28-24(10-20)13-25-14-27(33)6-8-29(25)28/h5-12,14,23,34H,2,13,15-19,33H2,1H3,(H,36,37)(H,38,39)(H,40,41). The molecule has 2 aliphatic carbocycles. The molecule has 2 aliphatic rings. The minimum absolute atomic E-state index is 0.108. The number of anilines is 1. The topological polar surface area (TPSA) is 153 Å². The van der Waals surface area contributed by atoms with Crippen LogP contribution in [0.25, 0.3) is 11.1 Å². The van der Waals surface area contributed by atoms with E-state index in [-0.39, 0.29) is 19.0 Å². The van der Waals surface area contributed by atoms with Crippen molar-refractivity contribution < 1.29 is 29.7 Å². The first kappa shape index (κ1) is 29.3. The molecule has 212 valence electrons. The molecule has 9 heteroatoms. The van der Waals surface area contributed by atoms with Gasteiger partial charge in [-0.1, -0.05) is 37.0 Å². The van der Waals surface area contributed by atoms with Crippen molar-refractivity contribution in [1.29, 1.82) is 0 Å². The summed E-state index contributed by atoms with van der Waals surface area (Å²) in [6.45, 7) is 1.42. The van der Waals surface area contributed by atoms with Crippen LogP contribution in [-0.4, -0.2) is 70.9 Å². The van der Waals surface area contributed by atoms with E-state index in [1.165, 1.54) is 27.2 Å². The van der Waals surface area contributed by atoms with E-state index >= 15 is 0 Å². The lowest BCUT2D eigenvalue weighted by molar-refractivity contribution is -0.141. The molecular weight excluding hydrogens is 522 g/mol. The van der Waals surface area contributed by atoms with Crippen LogP contribution >= 0.6 is 0 Å². The van der Waals surface area contributed by atoms with Gasteiger partial charge >= 0.3 is 17.9 Å². The maximum Gasteiger partial charge on any atom is 0.317 e. The summed E-state index contributed by atoms with van der Waals surface area (Å²) in [5.74, 6) is 3.19. The zero-order chi connectivity index (χ0) is 29.5. The lowest BCUT2D eigenvalue weighted by Gasteiger charge is -2.23. The molecule has 0 saturated carbocycles. The second kappa shape index (κ2) is 13.1. The Morgan fingerprint density at radius 1 is 0.951 bits per heavy atom. The third-order valence-electron chi connectivity index (χ3n) is 7.00. The summed E-state index contributed by atoms with van der Waals surface area (Å²) < 4.78 is 0. The molecule has 0 saturated heterocycles. The molecule has 6 N–H and O–H groups in total. The molecule has 0 aromatic heterocycles. The summed E-state index contributed by atoms with van der Waals surface area (Å²) in [5.41, 5.74) is 14.6. The largest absolute Gasteiger partial charge is 0.480 e. The fourth-order valence-corrected chi connectivity index (χ4v) is 5.26. The number of nitrogens with one attached hydrogen (secondary N) is 1. The summed E-state index contributed by atoms with van der Waals surface area (Å²) >= 11 is 0. The summed E-state index contributed by atoms with van der Waals surface area (Å²) in [7, 11) is 0. The highest BCUT2D eigenvalue weighted by Gasteiger charge is 2.21. The molecule has 0 heterocycles. The number of nitrogens with zero attached hydrogens (tertiary/aromatic N) is 1. The molecule has 0 spiro atoms. The Morgan fingerprint density at radius 2 is 1.63 bits per heavy atom. The van der Waals surface area contributed by atoms with Gasteiger partial charge in [-0.25, -0.2) is 0 Å². The van der Waals surface area contributed by atoms with Crippen molar-refractivity contribution in [2.75, 3.05) is 38.5 Å². The SMILES string of the molecule is CCC1C=C(CNCC(=O)O)C=C(C#Cc2ccc3c(c2)Cc2cc(N)ccc2-3)C=C1CN(CC(=O)O)CC(=O)O. The zero-order valence-electron chi connectivity index (χ0n) is 22.8. The predicted molar refractivity (Wildman–Crippen MR) is 156 cm³/mol. The number of carboxylic acid groups (broad SMARTS) is 3. The highest BCUT2D eigenvalue weighted by molar-refractivity contribution is 5.79. The average Bonchev–Trinajstić information content (AvgIpc) is 3.15. The third kappa shape index (κ3) is 7.94. The number of nitrogens with two attached hydrogens (primary N) is 1. The number of hydrogen-bond acceptors (Lipinski definition) is 6. The van der Waals surface area contributed by atoms with Crippen molar-refractivity contribution in [1.82, 2.24) is 10.2 Å². The number of carbonyl (C=O) groups is 3. The number of hydrogen-bond donors (Lipinski definition) is 5. The van der Waals surface area contributed by atoms with E-state index in [0.29, 0.717) is 18.5 Å². The van der Waals surface area contributed by atoms with Crippen molar-refractivity contribution in [2.24, 2.45) is 5.92 Å². The summed E-state index contributed by atoms with van der Waals surface area (Å²) in [6.07, 6.45) is 7.26. The molecule has 1 unspecified atom stereocenters. The smallest absolute Gasteiger partial charge is 0.317 e. The summed E-state index contributed by atoms with van der Waals surface area (Å²) in [4.78, 5) is 35.2. The van der Waals surface area contributed by atoms with Crippen LogP contribution < -0.4 is 11.1 Å². The number of benzene rings is 2. The Kier molecular flexibility index (Phi) is 9.40. The number of nitrogen functional groups attached to an aromatic ring is 1. The predicted octanol–water partition coefficient (Wildman–Crippen LogP) is 3.16. The quantitative estimate of drug-likeness (QED) is 0.177. The molecule has 0 bridgehead atoms. The lowest BCUT2D eigenvalue weighted by Crippen LogP contribution is -2.36. The van der Waals surface area contributed by atoms with Crippen molar-refractivity contribution in [3.63, 3.8) is 0 Å². The molecular formula is C32H33N3O6. The lowest BCUT2D eigenvalue weighted by atomic mass is 9.93. The third-order valence-corrected chi connectivity index (χ3v) is 7.00. The van der Waals surface area contributed by atoms with Crippen LogP contribution in [0.3, 0.4) is 0 Å². The van der Waals surface area contributed by atoms with Gasteiger partial charge in [-0.2, -0.15) is 0 Å². The fourth-order valence-electron chi connectivity index (χ4n) is 5.26. The van der Waals surface area contributed by atoms with Crippen LogP contribution in [0.5, 0.6) is 0 Å². The zero-order valence-corrected chi connectivity index (χ0v) is 22.8. The van der Waals surface area contributed by atoms with Crippen molar-refractivity contribution in [3.05, 3.63) is 88.0 Å². The maximum atomic E-state index is 11.4. The van der Waals surface area contributed by atoms with E-state index in [9.17, 15) is 24.6 Å². The molecule has 2 aromatic carbocycles. The van der Waals surface area contributed by atoms with E-state index in [1.54, 1.807) is 0 Å². The van der Waals surface area contributed by atoms with Gasteiger partial charge in [0.25, 0.3) is 0 Å². The van der Waals surface area contributed by atoms with E-state index in [2.05, 4.69) is 29.3 Å². The normalized spacial score (nSPS) is 15.5. The van der Waals surface area contributed by atoms with Gasteiger partial charge in [-0.3, -0.25) is 19.3 Å². The number of carboxylic acids is 3. The van der Waals surface area contributed by atoms with Crippen LogP contribution in [0, 0.1) is 17.8 Å². The molecule has 0 aliphatic heterocycles. The minimum Gasteiger partial charge on any atom is -0.480 e. The highest BCUT2D eigenvalue weighted by Crippen LogP contribution is 2.37. The molecule has 41 heavy (non-hydrogen) atoms. The molecule has 0 radical (unpaired) electrons. The Balaban J connectivity index is 1.65. The second-order valence-electron chi connectivity index (χ2n) is 10.2. The second-order valence-corrected chi connectivity index (χ2v) is 10.2. The van der Waals surface area contributed by atoms with Gasteiger partial charge in [0.2, 0.25) is 0 Å². The first-order valence-corrected chi connectivity index (χ1v) is 13.4. The van der Waals surface area contributed by atoms with Crippen LogP contribution in [0.15, 0.2) is 71.3 Å². The van der Waals surface area contributed by atoms with Crippen LogP contribution in [0.2, 0.25) is 0 Å². The van der Waals surface area contributed by atoms with Crippen molar-refractivity contribution in [2.45, 2.75) is 19.8 Å². The maximum absolute atomic E-state index is 11.4. The fraction of sp³-hybridized carbons (Fsp3) is 0.281. The first-order chi connectivity index (χ1) is 19.6. The molecule has 0 fully saturated rings. The number of allylic oxidation sites excluding steroid dienone is 3.